The third-order valence-corrected chi connectivity index (χ3v) is 11.7. The average Bonchev–Trinajstić information content (AvgIpc) is 3.44. The van der Waals surface area contributed by atoms with E-state index in [4.69, 9.17) is 0 Å². The molecule has 2 aromatic heterocycles. The Morgan fingerprint density at radius 3 is 2.50 bits per heavy atom. The summed E-state index contributed by atoms with van der Waals surface area (Å²) in [5.41, 5.74) is -0.811. The van der Waals surface area contributed by atoms with E-state index in [0.29, 0.717) is 47.3 Å². The van der Waals surface area contributed by atoms with Crippen molar-refractivity contribution in [3.8, 4) is 16.8 Å². The second-order valence-corrected chi connectivity index (χ2v) is 15.1. The molecule has 10 nitrogen and oxygen atoms in total. The molecule has 3 fully saturated rings. The van der Waals surface area contributed by atoms with Crippen molar-refractivity contribution in [1.29, 1.82) is 5.26 Å². The number of hydrogen-bond donors (Lipinski definition) is 1. The molecule has 2 aliphatic heterocycles. The fourth-order valence-corrected chi connectivity index (χ4v) is 9.11. The van der Waals surface area contributed by atoms with Crippen molar-refractivity contribution in [2.24, 2.45) is 5.92 Å². The lowest BCUT2D eigenvalue weighted by Crippen LogP contribution is -2.45. The fraction of sp³-hybridized carbons (Fsp3) is 0.552. The van der Waals surface area contributed by atoms with Crippen molar-refractivity contribution >= 4 is 43.7 Å². The molecule has 0 radical (unpaired) electrons. The summed E-state index contributed by atoms with van der Waals surface area (Å²) in [6.07, 6.45) is -0.0442. The number of sulfonamides is 1. The predicted molar refractivity (Wildman–Crippen MR) is 156 cm³/mol. The molecule has 17 heteroatoms. The normalized spacial score (nSPS) is 22.9. The number of nitrogens with one attached hydrogen (secondary N) is 1. The van der Waals surface area contributed by atoms with Crippen molar-refractivity contribution < 1.29 is 35.2 Å². The number of carbonyl (C=O) groups is 1. The lowest BCUT2D eigenvalue weighted by Gasteiger charge is -2.36. The second-order valence-electron chi connectivity index (χ2n) is 12.5. The highest BCUT2D eigenvalue weighted by atomic mass is 32.2. The van der Waals surface area contributed by atoms with Gasteiger partial charge in [0, 0.05) is 22.9 Å². The van der Waals surface area contributed by atoms with Crippen molar-refractivity contribution in [1.82, 2.24) is 29.6 Å². The first-order valence-corrected chi connectivity index (χ1v) is 17.3. The van der Waals surface area contributed by atoms with Crippen LogP contribution in [0.1, 0.15) is 74.8 Å². The van der Waals surface area contributed by atoms with Gasteiger partial charge in [-0.25, -0.2) is 17.2 Å². The van der Waals surface area contributed by atoms with Crippen LogP contribution in [0.25, 0.3) is 27.2 Å². The fourth-order valence-electron chi connectivity index (χ4n) is 6.99. The number of benzene rings is 1. The number of fused-ring (bicyclic) bond motifs is 3. The molecule has 7 rings (SSSR count). The number of carbonyl (C=O) groups excluding carboxylic acids is 1. The van der Waals surface area contributed by atoms with Crippen LogP contribution in [-0.4, -0.2) is 63.0 Å². The van der Waals surface area contributed by atoms with Crippen LogP contribution < -0.4 is 4.72 Å². The lowest BCUT2D eigenvalue weighted by molar-refractivity contribution is -0.142. The van der Waals surface area contributed by atoms with Crippen LogP contribution in [0.3, 0.4) is 0 Å². The minimum absolute atomic E-state index is 0.0392. The summed E-state index contributed by atoms with van der Waals surface area (Å²) in [5, 5.41) is 20.0. The molecule has 2 atom stereocenters. The first-order chi connectivity index (χ1) is 21.8. The molecule has 1 aromatic carbocycles. The zero-order valence-corrected chi connectivity index (χ0v) is 25.9. The molecule has 2 unspecified atom stereocenters. The number of amides is 1. The molecule has 46 heavy (non-hydrogen) atoms. The molecule has 1 saturated heterocycles. The minimum atomic E-state index is -4.73. The van der Waals surface area contributed by atoms with Gasteiger partial charge < -0.3 is 4.90 Å². The smallest absolute Gasteiger partial charge is 0.333 e. The summed E-state index contributed by atoms with van der Waals surface area (Å²) in [4.78, 5) is 15.0. The number of alkyl halides is 5. The van der Waals surface area contributed by atoms with Gasteiger partial charge in [0.1, 0.15) is 17.8 Å². The zero-order chi connectivity index (χ0) is 32.6. The number of nitrogens with zero attached hydrogens (tertiary/aromatic N) is 6. The van der Waals surface area contributed by atoms with Gasteiger partial charge in [0.25, 0.3) is 6.43 Å². The maximum atomic E-state index is 13.9. The molecule has 1 amide bonds. The van der Waals surface area contributed by atoms with Crippen molar-refractivity contribution in [3.05, 3.63) is 28.8 Å². The number of rotatable bonds is 8. The molecule has 1 N–H and O–H groups in total. The molecule has 4 heterocycles. The molecule has 2 saturated carbocycles. The lowest BCUT2D eigenvalue weighted by atomic mass is 9.91. The Kier molecular flexibility index (Phi) is 7.48. The van der Waals surface area contributed by atoms with E-state index >= 15 is 0 Å². The summed E-state index contributed by atoms with van der Waals surface area (Å²) in [6.45, 7) is -1.54. The highest BCUT2D eigenvalue weighted by Crippen LogP contribution is 2.45. The zero-order valence-electron chi connectivity index (χ0n) is 24.2. The van der Waals surface area contributed by atoms with E-state index in [-0.39, 0.29) is 62.4 Å². The Bertz CT molecular complexity index is 1900. The molecule has 4 aliphatic rings. The highest BCUT2D eigenvalue weighted by molar-refractivity contribution is 7.89. The average molecular weight is 682 g/mol. The predicted octanol–water partition coefficient (Wildman–Crippen LogP) is 5.73. The number of nitriles is 1. The topological polar surface area (TPSA) is 134 Å². The first kappa shape index (κ1) is 31.1. The minimum Gasteiger partial charge on any atom is -0.333 e. The molecule has 244 valence electrons. The van der Waals surface area contributed by atoms with E-state index in [0.717, 1.165) is 31.7 Å². The Hall–Kier alpha value is -3.49. The quantitative estimate of drug-likeness (QED) is 0.301. The molecule has 0 spiro atoms. The van der Waals surface area contributed by atoms with Gasteiger partial charge in [-0.1, -0.05) is 30.3 Å². The van der Waals surface area contributed by atoms with Gasteiger partial charge in [-0.2, -0.15) is 28.3 Å². The van der Waals surface area contributed by atoms with Crippen LogP contribution in [0.2, 0.25) is 0 Å². The van der Waals surface area contributed by atoms with E-state index in [2.05, 4.69) is 20.0 Å². The van der Waals surface area contributed by atoms with Crippen LogP contribution in [-0.2, 0) is 21.4 Å². The SMILES string of the molecule is N#CC1(NS(=O)(=O)c2cc(C3=CC4CCC(C3)N4C(=O)C3CCCC3)c3c(c2)c(-c2nnc(C(F)F)s2)nn3CC(F)(F)F)CC1. The number of hydrogen-bond acceptors (Lipinski definition) is 8. The Labute approximate surface area is 264 Å². The standard InChI is InChI=1S/C29H28F5N7O3S2/c30-24(31)26-37-36-25(45-26)22-21-12-19(46(43,44)39-28(13-35)7-8-28)11-20(23(21)40(38-22)14-29(32,33)34)16-9-17-5-6-18(10-16)41(17)27(42)15-3-1-2-4-15/h9,11-12,15,17-18,24,39H,1-8,10,14H2. The first-order valence-electron chi connectivity index (χ1n) is 15.0. The van der Waals surface area contributed by atoms with Gasteiger partial charge in [0.2, 0.25) is 15.9 Å². The third-order valence-electron chi connectivity index (χ3n) is 9.28. The van der Waals surface area contributed by atoms with E-state index in [1.54, 1.807) is 0 Å². The van der Waals surface area contributed by atoms with Crippen LogP contribution in [0.4, 0.5) is 22.0 Å². The van der Waals surface area contributed by atoms with Gasteiger partial charge in [0.15, 0.2) is 10.0 Å². The summed E-state index contributed by atoms with van der Waals surface area (Å²) in [6, 6.07) is 3.86. The number of aromatic nitrogens is 4. The Balaban J connectivity index is 1.41. The van der Waals surface area contributed by atoms with Gasteiger partial charge in [-0.3, -0.25) is 9.48 Å². The molecular weight excluding hydrogens is 653 g/mol. The van der Waals surface area contributed by atoms with Crippen LogP contribution in [0, 0.1) is 17.2 Å². The van der Waals surface area contributed by atoms with Crippen LogP contribution in [0.15, 0.2) is 23.1 Å². The molecular formula is C29H28F5N7O3S2. The largest absolute Gasteiger partial charge is 0.408 e. The summed E-state index contributed by atoms with van der Waals surface area (Å²) in [7, 11) is -4.38. The monoisotopic (exact) mass is 681 g/mol. The van der Waals surface area contributed by atoms with Crippen LogP contribution >= 0.6 is 11.3 Å². The van der Waals surface area contributed by atoms with Crippen molar-refractivity contribution in [2.75, 3.05) is 0 Å². The van der Waals surface area contributed by atoms with Gasteiger partial charge in [-0.15, -0.1) is 10.2 Å². The van der Waals surface area contributed by atoms with E-state index in [9.17, 15) is 40.4 Å². The Morgan fingerprint density at radius 2 is 1.89 bits per heavy atom. The molecule has 2 bridgehead atoms. The molecule has 3 aromatic rings. The summed E-state index contributed by atoms with van der Waals surface area (Å²) < 4.78 is 99.0. The van der Waals surface area contributed by atoms with Crippen molar-refractivity contribution in [3.63, 3.8) is 0 Å². The third kappa shape index (κ3) is 5.57. The van der Waals surface area contributed by atoms with E-state index in [1.165, 1.54) is 6.07 Å². The van der Waals surface area contributed by atoms with E-state index in [1.807, 2.05) is 17.0 Å². The summed E-state index contributed by atoms with van der Waals surface area (Å²) in [5.74, 6) is 0.0210. The maximum absolute atomic E-state index is 13.9. The van der Waals surface area contributed by atoms with Gasteiger partial charge in [0.05, 0.1) is 22.5 Å². The highest BCUT2D eigenvalue weighted by Gasteiger charge is 2.47. The van der Waals surface area contributed by atoms with E-state index < -0.39 is 39.7 Å². The molecule has 2 aliphatic carbocycles. The number of halogens is 5. The summed E-state index contributed by atoms with van der Waals surface area (Å²) >= 11 is 0.449. The maximum Gasteiger partial charge on any atom is 0.408 e. The van der Waals surface area contributed by atoms with Crippen LogP contribution in [0.5, 0.6) is 0 Å². The van der Waals surface area contributed by atoms with Crippen molar-refractivity contribution in [2.45, 2.75) is 99.5 Å². The van der Waals surface area contributed by atoms with Gasteiger partial charge >= 0.3 is 6.18 Å². The Morgan fingerprint density at radius 1 is 1.15 bits per heavy atom. The second kappa shape index (κ2) is 11.1. The van der Waals surface area contributed by atoms with Gasteiger partial charge in [-0.05, 0) is 62.7 Å².